The largest absolute Gasteiger partial charge is 0.395 e. The minimum absolute atomic E-state index is 0.229. The fourth-order valence-electron chi connectivity index (χ4n) is 2.13. The Kier molecular flexibility index (Phi) is 2.92. The van der Waals surface area contributed by atoms with Gasteiger partial charge in [0.05, 0.1) is 17.9 Å². The van der Waals surface area contributed by atoms with E-state index < -0.39 is 0 Å². The zero-order valence-electron chi connectivity index (χ0n) is 11.5. The van der Waals surface area contributed by atoms with Crippen LogP contribution in [0.4, 0.5) is 5.69 Å². The van der Waals surface area contributed by atoms with E-state index in [1.807, 2.05) is 6.92 Å². The molecule has 20 heavy (non-hydrogen) atoms. The summed E-state index contributed by atoms with van der Waals surface area (Å²) in [5.41, 5.74) is 7.63. The lowest BCUT2D eigenvalue weighted by atomic mass is 10.2. The summed E-state index contributed by atoms with van der Waals surface area (Å²) in [7, 11) is 1.68. The summed E-state index contributed by atoms with van der Waals surface area (Å²) in [6, 6.07) is 0. The van der Waals surface area contributed by atoms with Crippen molar-refractivity contribution in [2.45, 2.75) is 32.2 Å². The number of nitrogens with one attached hydrogen (secondary N) is 2. The van der Waals surface area contributed by atoms with Crippen LogP contribution in [0.25, 0.3) is 0 Å². The second kappa shape index (κ2) is 4.62. The molecule has 106 valence electrons. The van der Waals surface area contributed by atoms with Gasteiger partial charge in [-0.25, -0.2) is 4.98 Å². The van der Waals surface area contributed by atoms with Crippen LogP contribution < -0.4 is 5.73 Å². The number of aromatic amines is 2. The van der Waals surface area contributed by atoms with Gasteiger partial charge >= 0.3 is 0 Å². The SMILES string of the molecule is Cc1nc(CN(C)C(=O)c2n[nH]c(C3CC3)c2N)n[nH]1. The maximum atomic E-state index is 12.3. The van der Waals surface area contributed by atoms with Crippen LogP contribution >= 0.6 is 0 Å². The van der Waals surface area contributed by atoms with Gasteiger partial charge in [-0.3, -0.25) is 15.0 Å². The van der Waals surface area contributed by atoms with Gasteiger partial charge in [0.1, 0.15) is 5.82 Å². The van der Waals surface area contributed by atoms with Crippen molar-refractivity contribution in [2.24, 2.45) is 0 Å². The number of hydrogen-bond acceptors (Lipinski definition) is 5. The van der Waals surface area contributed by atoms with Crippen molar-refractivity contribution in [2.75, 3.05) is 12.8 Å². The fraction of sp³-hybridized carbons (Fsp3) is 0.500. The zero-order chi connectivity index (χ0) is 14.3. The number of aryl methyl sites for hydroxylation is 1. The van der Waals surface area contributed by atoms with Crippen molar-refractivity contribution >= 4 is 11.6 Å². The number of aromatic nitrogens is 5. The van der Waals surface area contributed by atoms with Crippen molar-refractivity contribution < 1.29 is 4.79 Å². The van der Waals surface area contributed by atoms with E-state index in [1.165, 1.54) is 4.90 Å². The molecule has 1 amide bonds. The van der Waals surface area contributed by atoms with Crippen LogP contribution in [-0.2, 0) is 6.54 Å². The first-order valence-corrected chi connectivity index (χ1v) is 6.53. The number of carbonyl (C=O) groups is 1. The number of nitrogens with two attached hydrogens (primary N) is 1. The lowest BCUT2D eigenvalue weighted by Gasteiger charge is -2.13. The van der Waals surface area contributed by atoms with Crippen LogP contribution in [0.2, 0.25) is 0 Å². The molecule has 1 aliphatic carbocycles. The molecular formula is C12H17N7O. The average Bonchev–Trinajstić information content (AvgIpc) is 3.07. The summed E-state index contributed by atoms with van der Waals surface area (Å²) >= 11 is 0. The third kappa shape index (κ3) is 2.24. The Balaban J connectivity index is 1.74. The lowest BCUT2D eigenvalue weighted by Crippen LogP contribution is -2.27. The number of rotatable bonds is 4. The molecule has 1 aliphatic rings. The second-order valence-corrected chi connectivity index (χ2v) is 5.17. The minimum atomic E-state index is -0.229. The van der Waals surface area contributed by atoms with Crippen molar-refractivity contribution in [3.8, 4) is 0 Å². The van der Waals surface area contributed by atoms with E-state index in [2.05, 4.69) is 25.4 Å². The van der Waals surface area contributed by atoms with Crippen LogP contribution in [-0.4, -0.2) is 43.2 Å². The highest BCUT2D eigenvalue weighted by Crippen LogP contribution is 2.42. The average molecular weight is 275 g/mol. The third-order valence-electron chi connectivity index (χ3n) is 3.39. The van der Waals surface area contributed by atoms with Crippen molar-refractivity contribution in [3.05, 3.63) is 23.0 Å². The number of hydrogen-bond donors (Lipinski definition) is 3. The molecule has 0 aliphatic heterocycles. The minimum Gasteiger partial charge on any atom is -0.395 e. The number of nitrogen functional groups attached to an aromatic ring is 1. The Morgan fingerprint density at radius 3 is 2.75 bits per heavy atom. The number of anilines is 1. The first-order valence-electron chi connectivity index (χ1n) is 6.53. The first kappa shape index (κ1) is 12.6. The van der Waals surface area contributed by atoms with Gasteiger partial charge in [-0.1, -0.05) is 0 Å². The fourth-order valence-corrected chi connectivity index (χ4v) is 2.13. The van der Waals surface area contributed by atoms with Gasteiger partial charge in [-0.05, 0) is 19.8 Å². The molecule has 2 aromatic heterocycles. The molecule has 0 bridgehead atoms. The quantitative estimate of drug-likeness (QED) is 0.754. The van der Waals surface area contributed by atoms with Gasteiger partial charge in [0, 0.05) is 13.0 Å². The number of amides is 1. The summed E-state index contributed by atoms with van der Waals surface area (Å²) in [6.45, 7) is 2.13. The van der Waals surface area contributed by atoms with Crippen LogP contribution in [0, 0.1) is 6.92 Å². The van der Waals surface area contributed by atoms with Crippen LogP contribution in [0.15, 0.2) is 0 Å². The maximum absolute atomic E-state index is 12.3. The van der Waals surface area contributed by atoms with Crippen LogP contribution in [0.5, 0.6) is 0 Å². The van der Waals surface area contributed by atoms with Crippen molar-refractivity contribution in [1.29, 1.82) is 0 Å². The number of nitrogens with zero attached hydrogens (tertiary/aromatic N) is 4. The Bertz CT molecular complexity index is 640. The molecule has 8 nitrogen and oxygen atoms in total. The lowest BCUT2D eigenvalue weighted by molar-refractivity contribution is 0.0777. The van der Waals surface area contributed by atoms with Gasteiger partial charge in [0.15, 0.2) is 11.5 Å². The molecule has 0 atom stereocenters. The summed E-state index contributed by atoms with van der Waals surface area (Å²) in [4.78, 5) is 18.0. The monoisotopic (exact) mass is 275 g/mol. The predicted octanol–water partition coefficient (Wildman–Crippen LogP) is 0.568. The molecular weight excluding hydrogens is 258 g/mol. The van der Waals surface area contributed by atoms with Gasteiger partial charge in [0.25, 0.3) is 5.91 Å². The zero-order valence-corrected chi connectivity index (χ0v) is 11.5. The van der Waals surface area contributed by atoms with Crippen molar-refractivity contribution in [3.63, 3.8) is 0 Å². The summed E-state index contributed by atoms with van der Waals surface area (Å²) in [5, 5.41) is 13.7. The highest BCUT2D eigenvalue weighted by Gasteiger charge is 2.31. The van der Waals surface area contributed by atoms with E-state index >= 15 is 0 Å². The van der Waals surface area contributed by atoms with Crippen molar-refractivity contribution in [1.82, 2.24) is 30.3 Å². The van der Waals surface area contributed by atoms with Gasteiger partial charge in [-0.15, -0.1) is 0 Å². The van der Waals surface area contributed by atoms with Crippen LogP contribution in [0.1, 0.15) is 46.6 Å². The maximum Gasteiger partial charge on any atom is 0.276 e. The molecule has 1 fully saturated rings. The van der Waals surface area contributed by atoms with E-state index in [9.17, 15) is 4.79 Å². The molecule has 8 heteroatoms. The highest BCUT2D eigenvalue weighted by atomic mass is 16.2. The van der Waals surface area contributed by atoms with Gasteiger partial charge < -0.3 is 10.6 Å². The van der Waals surface area contributed by atoms with Gasteiger partial charge in [-0.2, -0.15) is 10.2 Å². The topological polar surface area (TPSA) is 117 Å². The second-order valence-electron chi connectivity index (χ2n) is 5.17. The summed E-state index contributed by atoms with van der Waals surface area (Å²) in [6.07, 6.45) is 2.21. The standard InChI is InChI=1S/C12H17N7O/c1-6-14-8(16-15-6)5-19(2)12(20)11-9(13)10(17-18-11)7-3-4-7/h7H,3-5,13H2,1-2H3,(H,17,18)(H,14,15,16). The molecule has 2 aromatic rings. The van der Waals surface area contributed by atoms with E-state index in [-0.39, 0.29) is 11.6 Å². The molecule has 0 unspecified atom stereocenters. The third-order valence-corrected chi connectivity index (χ3v) is 3.39. The summed E-state index contributed by atoms with van der Waals surface area (Å²) in [5.74, 6) is 1.49. The number of H-pyrrole nitrogens is 2. The highest BCUT2D eigenvalue weighted by molar-refractivity contribution is 5.97. The van der Waals surface area contributed by atoms with Crippen LogP contribution in [0.3, 0.4) is 0 Å². The number of carbonyl (C=O) groups excluding carboxylic acids is 1. The molecule has 0 radical (unpaired) electrons. The molecule has 3 rings (SSSR count). The van der Waals surface area contributed by atoms with E-state index in [0.717, 1.165) is 24.4 Å². The molecule has 0 aromatic carbocycles. The Morgan fingerprint density at radius 2 is 2.15 bits per heavy atom. The Labute approximate surface area is 115 Å². The Morgan fingerprint density at radius 1 is 1.40 bits per heavy atom. The molecule has 0 spiro atoms. The molecule has 0 saturated heterocycles. The molecule has 4 N–H and O–H groups in total. The Hall–Kier alpha value is -2.38. The van der Waals surface area contributed by atoms with E-state index in [1.54, 1.807) is 7.05 Å². The smallest absolute Gasteiger partial charge is 0.276 e. The van der Waals surface area contributed by atoms with E-state index in [0.29, 0.717) is 24.0 Å². The van der Waals surface area contributed by atoms with Gasteiger partial charge in [0.2, 0.25) is 0 Å². The van der Waals surface area contributed by atoms with E-state index in [4.69, 9.17) is 5.73 Å². The normalized spacial score (nSPS) is 14.5. The molecule has 2 heterocycles. The first-order chi connectivity index (χ1) is 9.56. The predicted molar refractivity (Wildman–Crippen MR) is 71.9 cm³/mol. The summed E-state index contributed by atoms with van der Waals surface area (Å²) < 4.78 is 0. The molecule has 1 saturated carbocycles.